The summed E-state index contributed by atoms with van der Waals surface area (Å²) in [6.45, 7) is 0.645. The van der Waals surface area contributed by atoms with E-state index in [1.165, 1.54) is 0 Å². The third-order valence-corrected chi connectivity index (χ3v) is 3.71. The lowest BCUT2D eigenvalue weighted by Gasteiger charge is -2.15. The maximum Gasteiger partial charge on any atom is 0.203 e. The first-order valence-corrected chi connectivity index (χ1v) is 7.26. The van der Waals surface area contributed by atoms with Crippen LogP contribution in [0.3, 0.4) is 0 Å². The fourth-order valence-corrected chi connectivity index (χ4v) is 2.53. The Morgan fingerprint density at radius 3 is 2.39 bits per heavy atom. The normalized spacial score (nSPS) is 10.6. The molecule has 3 aromatic rings. The first-order chi connectivity index (χ1) is 11.2. The third-order valence-electron chi connectivity index (χ3n) is 3.71. The highest BCUT2D eigenvalue weighted by Gasteiger charge is 2.13. The van der Waals surface area contributed by atoms with Crippen molar-refractivity contribution in [3.05, 3.63) is 48.2 Å². The lowest BCUT2D eigenvalue weighted by molar-refractivity contribution is 0.324. The number of nitrogens with one attached hydrogen (secondary N) is 2. The van der Waals surface area contributed by atoms with E-state index in [-0.39, 0.29) is 0 Å². The minimum absolute atomic E-state index is 0.599. The van der Waals surface area contributed by atoms with Crippen molar-refractivity contribution in [1.29, 1.82) is 0 Å². The maximum absolute atomic E-state index is 5.38. The van der Waals surface area contributed by atoms with Gasteiger partial charge >= 0.3 is 0 Å². The predicted molar refractivity (Wildman–Crippen MR) is 90.6 cm³/mol. The molecular weight excluding hydrogens is 292 g/mol. The molecule has 0 spiro atoms. The Hall–Kier alpha value is -2.82. The van der Waals surface area contributed by atoms with Gasteiger partial charge in [0.05, 0.1) is 27.5 Å². The van der Waals surface area contributed by atoms with Crippen LogP contribution in [0, 0.1) is 6.20 Å². The van der Waals surface area contributed by atoms with Crippen LogP contribution in [0.25, 0.3) is 10.9 Å². The highest BCUT2D eigenvalue weighted by molar-refractivity contribution is 5.82. The SMILES string of the molecule is COc1cc(CNc2ccc3c[c][nH]c3c2)cc(OC)c1OC. The fourth-order valence-electron chi connectivity index (χ4n) is 2.53. The van der Waals surface area contributed by atoms with E-state index in [9.17, 15) is 0 Å². The number of ether oxygens (including phenoxy) is 3. The average Bonchev–Trinajstić information content (AvgIpc) is 3.06. The molecule has 0 aliphatic heterocycles. The van der Waals surface area contributed by atoms with Crippen LogP contribution in [0.5, 0.6) is 17.2 Å². The zero-order chi connectivity index (χ0) is 16.2. The van der Waals surface area contributed by atoms with Crippen molar-refractivity contribution < 1.29 is 14.2 Å². The van der Waals surface area contributed by atoms with Crippen LogP contribution < -0.4 is 19.5 Å². The summed E-state index contributed by atoms with van der Waals surface area (Å²) in [7, 11) is 4.83. The molecule has 0 atom stereocenters. The van der Waals surface area contributed by atoms with Gasteiger partial charge in [-0.3, -0.25) is 0 Å². The van der Waals surface area contributed by atoms with Crippen LogP contribution in [-0.2, 0) is 6.54 Å². The van der Waals surface area contributed by atoms with Gasteiger partial charge in [0, 0.05) is 23.1 Å². The summed E-state index contributed by atoms with van der Waals surface area (Å²) in [6, 6.07) is 12.0. The molecular formula is C18H19N2O3. The fraction of sp³-hybridized carbons (Fsp3) is 0.222. The summed E-state index contributed by atoms with van der Waals surface area (Å²) in [5, 5.41) is 4.54. The standard InChI is InChI=1S/C18H19N2O3/c1-21-16-8-12(9-17(22-2)18(16)23-3)11-20-14-5-4-13-6-7-19-15(13)10-14/h4-6,8-10,19-20H,11H2,1-3H3. The molecule has 1 heterocycles. The van der Waals surface area contributed by atoms with Gasteiger partial charge in [0.25, 0.3) is 0 Å². The number of H-pyrrole nitrogens is 1. The summed E-state index contributed by atoms with van der Waals surface area (Å²) in [4.78, 5) is 3.09. The van der Waals surface area contributed by atoms with E-state index in [0.29, 0.717) is 23.8 Å². The van der Waals surface area contributed by atoms with Gasteiger partial charge < -0.3 is 24.5 Å². The monoisotopic (exact) mass is 311 g/mol. The lowest BCUT2D eigenvalue weighted by atomic mass is 10.1. The molecule has 0 amide bonds. The molecule has 119 valence electrons. The summed E-state index contributed by atoms with van der Waals surface area (Å²) in [5.74, 6) is 1.90. The Balaban J connectivity index is 1.81. The lowest BCUT2D eigenvalue weighted by Crippen LogP contribution is -2.02. The first-order valence-electron chi connectivity index (χ1n) is 7.26. The van der Waals surface area contributed by atoms with Crippen LogP contribution >= 0.6 is 0 Å². The van der Waals surface area contributed by atoms with E-state index in [1.807, 2.05) is 24.3 Å². The summed E-state index contributed by atoms with van der Waals surface area (Å²) in [5.41, 5.74) is 3.12. The molecule has 2 N–H and O–H groups in total. The van der Waals surface area contributed by atoms with Crippen molar-refractivity contribution in [2.45, 2.75) is 6.54 Å². The maximum atomic E-state index is 5.38. The second kappa shape index (κ2) is 6.52. The quantitative estimate of drug-likeness (QED) is 0.730. The van der Waals surface area contributed by atoms with Crippen LogP contribution in [0.15, 0.2) is 36.4 Å². The van der Waals surface area contributed by atoms with Crippen LogP contribution in [-0.4, -0.2) is 26.3 Å². The van der Waals surface area contributed by atoms with Gasteiger partial charge in [0.2, 0.25) is 5.75 Å². The molecule has 2 aromatic carbocycles. The molecule has 0 aliphatic rings. The number of aromatic nitrogens is 1. The number of fused-ring (bicyclic) bond motifs is 1. The predicted octanol–water partition coefficient (Wildman–Crippen LogP) is 3.61. The van der Waals surface area contributed by atoms with E-state index >= 15 is 0 Å². The van der Waals surface area contributed by atoms with Gasteiger partial charge in [0.15, 0.2) is 11.5 Å². The summed E-state index contributed by atoms with van der Waals surface area (Å²) in [6.07, 6.45) is 2.98. The molecule has 0 bridgehead atoms. The van der Waals surface area contributed by atoms with Gasteiger partial charge in [0.1, 0.15) is 0 Å². The number of hydrogen-bond acceptors (Lipinski definition) is 4. The Morgan fingerprint density at radius 2 is 1.74 bits per heavy atom. The van der Waals surface area contributed by atoms with Gasteiger partial charge in [-0.1, -0.05) is 6.07 Å². The topological polar surface area (TPSA) is 55.5 Å². The molecule has 23 heavy (non-hydrogen) atoms. The van der Waals surface area contributed by atoms with Crippen molar-refractivity contribution in [2.75, 3.05) is 26.6 Å². The molecule has 3 rings (SSSR count). The van der Waals surface area contributed by atoms with Gasteiger partial charge in [-0.25, -0.2) is 0 Å². The highest BCUT2D eigenvalue weighted by Crippen LogP contribution is 2.38. The number of hydrogen-bond donors (Lipinski definition) is 2. The second-order valence-electron chi connectivity index (χ2n) is 5.10. The Labute approximate surface area is 135 Å². The van der Waals surface area contributed by atoms with E-state index in [1.54, 1.807) is 21.3 Å². The van der Waals surface area contributed by atoms with Crippen LogP contribution in [0.1, 0.15) is 5.56 Å². The third kappa shape index (κ3) is 3.04. The second-order valence-corrected chi connectivity index (χ2v) is 5.10. The van der Waals surface area contributed by atoms with E-state index < -0.39 is 0 Å². The molecule has 5 nitrogen and oxygen atoms in total. The molecule has 0 saturated carbocycles. The minimum atomic E-state index is 0.599. The van der Waals surface area contributed by atoms with Gasteiger partial charge in [-0.2, -0.15) is 0 Å². The number of anilines is 1. The summed E-state index contributed by atoms with van der Waals surface area (Å²) < 4.78 is 16.1. The Morgan fingerprint density at radius 1 is 1.00 bits per heavy atom. The number of aromatic amines is 1. The largest absolute Gasteiger partial charge is 0.493 e. The molecule has 0 unspecified atom stereocenters. The van der Waals surface area contributed by atoms with Crippen molar-refractivity contribution in [1.82, 2.24) is 4.98 Å². The highest BCUT2D eigenvalue weighted by atomic mass is 16.5. The first kappa shape index (κ1) is 15.1. The summed E-state index contributed by atoms with van der Waals surface area (Å²) >= 11 is 0. The number of methoxy groups -OCH3 is 3. The molecule has 0 fully saturated rings. The zero-order valence-electron chi connectivity index (χ0n) is 13.4. The van der Waals surface area contributed by atoms with Crippen molar-refractivity contribution in [3.63, 3.8) is 0 Å². The van der Waals surface area contributed by atoms with Crippen molar-refractivity contribution in [3.8, 4) is 17.2 Å². The molecule has 5 heteroatoms. The van der Waals surface area contributed by atoms with Gasteiger partial charge in [-0.05, 0) is 35.9 Å². The van der Waals surface area contributed by atoms with Crippen molar-refractivity contribution in [2.24, 2.45) is 0 Å². The Bertz CT molecular complexity index is 786. The molecule has 0 aliphatic carbocycles. The molecule has 1 aromatic heterocycles. The Kier molecular flexibility index (Phi) is 4.28. The van der Waals surface area contributed by atoms with Crippen molar-refractivity contribution >= 4 is 16.6 Å². The number of benzene rings is 2. The molecule has 0 saturated heterocycles. The van der Waals surface area contributed by atoms with E-state index in [2.05, 4.69) is 28.6 Å². The smallest absolute Gasteiger partial charge is 0.203 e. The minimum Gasteiger partial charge on any atom is -0.493 e. The molecule has 1 radical (unpaired) electrons. The average molecular weight is 311 g/mol. The number of rotatable bonds is 6. The zero-order valence-corrected chi connectivity index (χ0v) is 13.4. The van der Waals surface area contributed by atoms with Gasteiger partial charge in [-0.15, -0.1) is 0 Å². The van der Waals surface area contributed by atoms with E-state index in [0.717, 1.165) is 22.2 Å². The van der Waals surface area contributed by atoms with Crippen LogP contribution in [0.4, 0.5) is 5.69 Å². The van der Waals surface area contributed by atoms with Crippen LogP contribution in [0.2, 0.25) is 0 Å². The van der Waals surface area contributed by atoms with E-state index in [4.69, 9.17) is 14.2 Å².